The van der Waals surface area contributed by atoms with Crippen LogP contribution in [-0.2, 0) is 4.79 Å². The van der Waals surface area contributed by atoms with E-state index in [9.17, 15) is 14.0 Å². The predicted octanol–water partition coefficient (Wildman–Crippen LogP) is 2.28. The Morgan fingerprint density at radius 3 is 2.48 bits per heavy atom. The van der Waals surface area contributed by atoms with E-state index in [1.807, 2.05) is 0 Å². The minimum absolute atomic E-state index is 0.0250. The Bertz CT molecular complexity index is 613. The highest BCUT2D eigenvalue weighted by atomic mass is 19.1. The summed E-state index contributed by atoms with van der Waals surface area (Å²) in [5.74, 6) is -0.776. The molecule has 0 unspecified atom stereocenters. The van der Waals surface area contributed by atoms with Crippen molar-refractivity contribution in [1.82, 2.24) is 10.6 Å². The number of rotatable bonds is 7. The first-order valence-corrected chi connectivity index (χ1v) is 8.97. The van der Waals surface area contributed by atoms with Gasteiger partial charge in [0, 0.05) is 25.1 Å². The molecule has 2 rings (SSSR count). The Kier molecular flexibility index (Phi) is 6.93. The molecule has 138 valence electrons. The van der Waals surface area contributed by atoms with Gasteiger partial charge in [-0.1, -0.05) is 25.3 Å². The third-order valence-corrected chi connectivity index (χ3v) is 5.05. The van der Waals surface area contributed by atoms with Crippen LogP contribution in [0.3, 0.4) is 0 Å². The molecule has 0 atom stereocenters. The van der Waals surface area contributed by atoms with Crippen molar-refractivity contribution in [3.05, 3.63) is 35.1 Å². The number of nitrogens with one attached hydrogen (secondary N) is 2. The fraction of sp³-hybridized carbons (Fsp3) is 0.579. The molecule has 0 spiro atoms. The number of benzene rings is 1. The van der Waals surface area contributed by atoms with Crippen LogP contribution in [0.4, 0.5) is 4.39 Å². The first-order chi connectivity index (χ1) is 12.0. The highest BCUT2D eigenvalue weighted by molar-refractivity contribution is 5.94. The van der Waals surface area contributed by atoms with Gasteiger partial charge in [0.15, 0.2) is 0 Å². The lowest BCUT2D eigenvalue weighted by atomic mass is 9.71. The van der Waals surface area contributed by atoms with Crippen molar-refractivity contribution in [1.29, 1.82) is 0 Å². The number of hydrogen-bond donors (Lipinski definition) is 3. The Morgan fingerprint density at radius 2 is 1.84 bits per heavy atom. The second kappa shape index (κ2) is 8.94. The molecule has 4 N–H and O–H groups in total. The van der Waals surface area contributed by atoms with Crippen molar-refractivity contribution in [2.24, 2.45) is 11.1 Å². The second-order valence-corrected chi connectivity index (χ2v) is 7.01. The van der Waals surface area contributed by atoms with Crippen LogP contribution in [0.15, 0.2) is 18.2 Å². The maximum Gasteiger partial charge on any atom is 0.251 e. The van der Waals surface area contributed by atoms with Crippen molar-refractivity contribution in [3.8, 4) is 0 Å². The van der Waals surface area contributed by atoms with E-state index in [0.717, 1.165) is 25.7 Å². The van der Waals surface area contributed by atoms with Crippen LogP contribution < -0.4 is 16.4 Å². The van der Waals surface area contributed by atoms with Crippen LogP contribution in [-0.4, -0.2) is 31.4 Å². The number of hydrogen-bond acceptors (Lipinski definition) is 3. The van der Waals surface area contributed by atoms with Crippen molar-refractivity contribution < 1.29 is 14.0 Å². The Morgan fingerprint density at radius 1 is 1.16 bits per heavy atom. The monoisotopic (exact) mass is 349 g/mol. The van der Waals surface area contributed by atoms with E-state index < -0.39 is 5.82 Å². The zero-order chi connectivity index (χ0) is 18.3. The largest absolute Gasteiger partial charge is 0.354 e. The molecule has 1 fully saturated rings. The summed E-state index contributed by atoms with van der Waals surface area (Å²) in [6.07, 6.45) is 5.94. The van der Waals surface area contributed by atoms with Crippen LogP contribution in [0.5, 0.6) is 0 Å². The zero-order valence-corrected chi connectivity index (χ0v) is 14.9. The van der Waals surface area contributed by atoms with Gasteiger partial charge in [-0.15, -0.1) is 0 Å². The highest BCUT2D eigenvalue weighted by Crippen LogP contribution is 2.38. The lowest BCUT2D eigenvalue weighted by Crippen LogP contribution is -2.40. The summed E-state index contributed by atoms with van der Waals surface area (Å²) in [7, 11) is 0. The standard InChI is InChI=1S/C19H28FN3O2/c1-14-5-6-15(11-16(14)20)18(25)23-10-9-22-17(24)12-19(13-21)7-3-2-4-8-19/h5-6,11H,2-4,7-10,12-13,21H2,1H3,(H,22,24)(H,23,25). The molecule has 0 bridgehead atoms. The molecule has 1 aliphatic carbocycles. The first kappa shape index (κ1) is 19.4. The molecular formula is C19H28FN3O2. The molecule has 0 radical (unpaired) electrons. The average molecular weight is 349 g/mol. The Balaban J connectivity index is 1.72. The number of carbonyl (C=O) groups excluding carboxylic acids is 2. The summed E-state index contributed by atoms with van der Waals surface area (Å²) < 4.78 is 13.5. The summed E-state index contributed by atoms with van der Waals surface area (Å²) in [5, 5.41) is 5.52. The number of halogens is 1. The normalized spacial score (nSPS) is 16.3. The lowest BCUT2D eigenvalue weighted by molar-refractivity contribution is -0.123. The van der Waals surface area contributed by atoms with Gasteiger partial charge >= 0.3 is 0 Å². The fourth-order valence-corrected chi connectivity index (χ4v) is 3.37. The maximum absolute atomic E-state index is 13.5. The summed E-state index contributed by atoms with van der Waals surface area (Å²) in [6, 6.07) is 4.38. The number of carbonyl (C=O) groups is 2. The summed E-state index contributed by atoms with van der Waals surface area (Å²) >= 11 is 0. The van der Waals surface area contributed by atoms with Crippen LogP contribution in [0, 0.1) is 18.2 Å². The van der Waals surface area contributed by atoms with Crippen LogP contribution in [0.1, 0.15) is 54.4 Å². The first-order valence-electron chi connectivity index (χ1n) is 8.97. The molecule has 0 heterocycles. The number of nitrogens with two attached hydrogens (primary N) is 1. The molecule has 0 aliphatic heterocycles. The van der Waals surface area contributed by atoms with Crippen LogP contribution in [0.25, 0.3) is 0 Å². The van der Waals surface area contributed by atoms with Gasteiger partial charge in [-0.3, -0.25) is 9.59 Å². The molecule has 1 aromatic carbocycles. The van der Waals surface area contributed by atoms with Crippen LogP contribution >= 0.6 is 0 Å². The molecule has 2 amide bonds. The molecule has 5 nitrogen and oxygen atoms in total. The van der Waals surface area contributed by atoms with Gasteiger partial charge in [-0.25, -0.2) is 4.39 Å². The number of amides is 2. The Labute approximate surface area is 148 Å². The van der Waals surface area contributed by atoms with Gasteiger partial charge in [0.05, 0.1) is 0 Å². The molecule has 1 aliphatic rings. The van der Waals surface area contributed by atoms with Gasteiger partial charge in [-0.2, -0.15) is 0 Å². The Hall–Kier alpha value is -1.95. The van der Waals surface area contributed by atoms with Crippen molar-refractivity contribution in [2.75, 3.05) is 19.6 Å². The molecule has 6 heteroatoms. The van der Waals surface area contributed by atoms with Gasteiger partial charge in [0.2, 0.25) is 5.91 Å². The van der Waals surface area contributed by atoms with Crippen LogP contribution in [0.2, 0.25) is 0 Å². The van der Waals surface area contributed by atoms with E-state index in [2.05, 4.69) is 10.6 Å². The topological polar surface area (TPSA) is 84.2 Å². The van der Waals surface area contributed by atoms with Gasteiger partial charge in [-0.05, 0) is 49.4 Å². The molecule has 25 heavy (non-hydrogen) atoms. The summed E-state index contributed by atoms with van der Waals surface area (Å²) in [5.41, 5.74) is 6.61. The van der Waals surface area contributed by atoms with Gasteiger partial charge < -0.3 is 16.4 Å². The minimum Gasteiger partial charge on any atom is -0.354 e. The third kappa shape index (κ3) is 5.53. The zero-order valence-electron chi connectivity index (χ0n) is 14.9. The quantitative estimate of drug-likeness (QED) is 0.660. The van der Waals surface area contributed by atoms with Gasteiger partial charge in [0.1, 0.15) is 5.82 Å². The third-order valence-electron chi connectivity index (χ3n) is 5.05. The summed E-state index contributed by atoms with van der Waals surface area (Å²) in [4.78, 5) is 24.1. The van der Waals surface area contributed by atoms with E-state index in [4.69, 9.17) is 5.73 Å². The highest BCUT2D eigenvalue weighted by Gasteiger charge is 2.32. The van der Waals surface area contributed by atoms with E-state index in [0.29, 0.717) is 31.6 Å². The van der Waals surface area contributed by atoms with E-state index in [1.54, 1.807) is 19.1 Å². The second-order valence-electron chi connectivity index (χ2n) is 7.01. The van der Waals surface area contributed by atoms with E-state index in [1.165, 1.54) is 12.5 Å². The summed E-state index contributed by atoms with van der Waals surface area (Å²) in [6.45, 7) is 2.83. The molecule has 0 saturated heterocycles. The molecule has 0 aromatic heterocycles. The predicted molar refractivity (Wildman–Crippen MR) is 95.7 cm³/mol. The fourth-order valence-electron chi connectivity index (χ4n) is 3.37. The molecular weight excluding hydrogens is 321 g/mol. The molecule has 1 saturated carbocycles. The van der Waals surface area contributed by atoms with E-state index >= 15 is 0 Å². The molecule has 1 aromatic rings. The minimum atomic E-state index is -0.402. The SMILES string of the molecule is Cc1ccc(C(=O)NCCNC(=O)CC2(CN)CCCCC2)cc1F. The van der Waals surface area contributed by atoms with Gasteiger partial charge in [0.25, 0.3) is 5.91 Å². The van der Waals surface area contributed by atoms with Crippen molar-refractivity contribution >= 4 is 11.8 Å². The average Bonchev–Trinajstić information content (AvgIpc) is 2.61. The maximum atomic E-state index is 13.5. The number of aryl methyl sites for hydroxylation is 1. The van der Waals surface area contributed by atoms with E-state index in [-0.39, 0.29) is 22.8 Å². The smallest absolute Gasteiger partial charge is 0.251 e. The van der Waals surface area contributed by atoms with Crippen molar-refractivity contribution in [3.63, 3.8) is 0 Å². The lowest BCUT2D eigenvalue weighted by Gasteiger charge is -2.35. The van der Waals surface area contributed by atoms with Crippen molar-refractivity contribution in [2.45, 2.75) is 45.4 Å².